The molecule has 0 saturated heterocycles. The van der Waals surface area contributed by atoms with Crippen molar-refractivity contribution < 1.29 is 4.79 Å². The molecule has 2 rings (SSSR count). The van der Waals surface area contributed by atoms with Gasteiger partial charge in [0.2, 0.25) is 0 Å². The smallest absolute Gasteiger partial charge is 0.187 e. The Morgan fingerprint density at radius 2 is 1.72 bits per heavy atom. The third kappa shape index (κ3) is 3.40. The van der Waals surface area contributed by atoms with E-state index in [9.17, 15) is 4.79 Å². The van der Waals surface area contributed by atoms with E-state index in [1.54, 1.807) is 24.2 Å². The molecular formula is C14H14N2OS. The number of benzene rings is 1. The van der Waals surface area contributed by atoms with E-state index in [0.29, 0.717) is 10.7 Å². The van der Waals surface area contributed by atoms with Gasteiger partial charge in [0, 0.05) is 18.1 Å². The number of hydrogen-bond acceptors (Lipinski definition) is 4. The number of carbonyl (C=O) groups is 1. The van der Waals surface area contributed by atoms with Crippen LogP contribution >= 0.6 is 11.8 Å². The molecule has 0 atom stereocenters. The second-order valence-electron chi connectivity index (χ2n) is 4.20. The van der Waals surface area contributed by atoms with Gasteiger partial charge in [-0.15, -0.1) is 0 Å². The van der Waals surface area contributed by atoms with Crippen molar-refractivity contribution in [2.24, 2.45) is 0 Å². The van der Waals surface area contributed by atoms with Gasteiger partial charge in [-0.25, -0.2) is 9.97 Å². The normalized spacial score (nSPS) is 10.3. The number of aryl methyl sites for hydroxylation is 2. The third-order valence-corrected chi connectivity index (χ3v) is 3.38. The Kier molecular flexibility index (Phi) is 4.10. The summed E-state index contributed by atoms with van der Waals surface area (Å²) in [6, 6.07) is 6.49. The molecule has 0 amide bonds. The molecule has 0 radical (unpaired) electrons. The first-order valence-corrected chi connectivity index (χ1v) is 6.63. The maximum absolute atomic E-state index is 10.5. The Balaban J connectivity index is 2.03. The monoisotopic (exact) mass is 258 g/mol. The van der Waals surface area contributed by atoms with Crippen molar-refractivity contribution in [3.05, 3.63) is 52.8 Å². The fourth-order valence-electron chi connectivity index (χ4n) is 1.76. The Bertz CT molecular complexity index is 532. The third-order valence-electron chi connectivity index (χ3n) is 2.43. The van der Waals surface area contributed by atoms with Crippen LogP contribution in [0.4, 0.5) is 0 Å². The van der Waals surface area contributed by atoms with Crippen molar-refractivity contribution in [3.63, 3.8) is 0 Å². The molecule has 3 nitrogen and oxygen atoms in total. The number of aromatic nitrogens is 2. The van der Waals surface area contributed by atoms with Crippen molar-refractivity contribution in [1.82, 2.24) is 9.97 Å². The molecule has 4 heteroatoms. The van der Waals surface area contributed by atoms with Crippen molar-refractivity contribution in [1.29, 1.82) is 0 Å². The van der Waals surface area contributed by atoms with E-state index in [4.69, 9.17) is 0 Å². The summed E-state index contributed by atoms with van der Waals surface area (Å²) in [5.74, 6) is 0.836. The molecule has 2 aromatic rings. The predicted octanol–water partition coefficient (Wildman–Crippen LogP) is 3.20. The van der Waals surface area contributed by atoms with Gasteiger partial charge < -0.3 is 0 Å². The summed E-state index contributed by atoms with van der Waals surface area (Å²) < 4.78 is 0. The van der Waals surface area contributed by atoms with Gasteiger partial charge in [0.05, 0.1) is 5.56 Å². The second-order valence-corrected chi connectivity index (χ2v) is 5.14. The van der Waals surface area contributed by atoms with Crippen molar-refractivity contribution in [2.45, 2.75) is 24.8 Å². The molecule has 0 bridgehead atoms. The average Bonchev–Trinajstić information content (AvgIpc) is 2.36. The highest BCUT2D eigenvalue weighted by molar-refractivity contribution is 7.98. The lowest BCUT2D eigenvalue weighted by Crippen LogP contribution is -1.91. The van der Waals surface area contributed by atoms with Crippen LogP contribution in [-0.4, -0.2) is 16.3 Å². The molecule has 0 N–H and O–H groups in total. The highest BCUT2D eigenvalue weighted by Gasteiger charge is 2.01. The summed E-state index contributed by atoms with van der Waals surface area (Å²) in [6.07, 6.45) is 3.84. The zero-order valence-electron chi connectivity index (χ0n) is 10.4. The first-order chi connectivity index (χ1) is 8.67. The quantitative estimate of drug-likeness (QED) is 0.480. The summed E-state index contributed by atoms with van der Waals surface area (Å²) in [7, 11) is 0. The second kappa shape index (κ2) is 5.78. The first-order valence-electron chi connectivity index (χ1n) is 5.64. The van der Waals surface area contributed by atoms with E-state index in [2.05, 4.69) is 42.0 Å². The molecule has 0 aliphatic carbocycles. The van der Waals surface area contributed by atoms with Crippen LogP contribution in [0.2, 0.25) is 0 Å². The van der Waals surface area contributed by atoms with Gasteiger partial charge in [-0.05, 0) is 19.4 Å². The van der Waals surface area contributed by atoms with Crippen LogP contribution in [0.15, 0.2) is 35.7 Å². The van der Waals surface area contributed by atoms with E-state index in [0.717, 1.165) is 12.0 Å². The van der Waals surface area contributed by atoms with E-state index in [-0.39, 0.29) is 0 Å². The molecule has 0 aliphatic heterocycles. The first kappa shape index (κ1) is 12.8. The molecule has 1 heterocycles. The topological polar surface area (TPSA) is 42.9 Å². The van der Waals surface area contributed by atoms with Crippen LogP contribution < -0.4 is 0 Å². The lowest BCUT2D eigenvalue weighted by Gasteiger charge is -2.04. The van der Waals surface area contributed by atoms with Gasteiger partial charge in [0.1, 0.15) is 0 Å². The molecule has 0 saturated carbocycles. The molecule has 1 aromatic heterocycles. The van der Waals surface area contributed by atoms with E-state index in [1.807, 2.05) is 0 Å². The Morgan fingerprint density at radius 3 is 2.28 bits per heavy atom. The van der Waals surface area contributed by atoms with E-state index in [1.165, 1.54) is 16.7 Å². The highest BCUT2D eigenvalue weighted by Crippen LogP contribution is 2.20. The summed E-state index contributed by atoms with van der Waals surface area (Å²) in [4.78, 5) is 18.7. The van der Waals surface area contributed by atoms with Gasteiger partial charge in [-0.3, -0.25) is 4.79 Å². The zero-order chi connectivity index (χ0) is 13.0. The summed E-state index contributed by atoms with van der Waals surface area (Å²) in [5, 5.41) is 0.694. The van der Waals surface area contributed by atoms with Crippen molar-refractivity contribution in [2.75, 3.05) is 0 Å². The molecule has 0 aliphatic rings. The van der Waals surface area contributed by atoms with Crippen LogP contribution in [0.5, 0.6) is 0 Å². The van der Waals surface area contributed by atoms with Crippen LogP contribution in [0.3, 0.4) is 0 Å². The average molecular weight is 258 g/mol. The van der Waals surface area contributed by atoms with Crippen molar-refractivity contribution in [3.8, 4) is 0 Å². The van der Waals surface area contributed by atoms with Crippen LogP contribution in [0.25, 0.3) is 0 Å². The van der Waals surface area contributed by atoms with Crippen LogP contribution in [0.1, 0.15) is 27.0 Å². The summed E-state index contributed by atoms with van der Waals surface area (Å²) in [5.41, 5.74) is 4.30. The Labute approximate surface area is 111 Å². The number of carbonyl (C=O) groups excluding carboxylic acids is 1. The molecule has 18 heavy (non-hydrogen) atoms. The predicted molar refractivity (Wildman–Crippen MR) is 72.9 cm³/mol. The highest BCUT2D eigenvalue weighted by atomic mass is 32.2. The number of aldehydes is 1. The maximum Gasteiger partial charge on any atom is 0.187 e. The molecular weight excluding hydrogens is 244 g/mol. The van der Waals surface area contributed by atoms with Gasteiger partial charge in [0.25, 0.3) is 0 Å². The number of hydrogen-bond donors (Lipinski definition) is 0. The van der Waals surface area contributed by atoms with Crippen LogP contribution in [-0.2, 0) is 5.75 Å². The lowest BCUT2D eigenvalue weighted by molar-refractivity contribution is 0.112. The molecule has 0 spiro atoms. The summed E-state index contributed by atoms with van der Waals surface area (Å²) >= 11 is 1.57. The minimum atomic E-state index is 0.505. The fraction of sp³-hybridized carbons (Fsp3) is 0.214. The SMILES string of the molecule is Cc1cc(C)cc(CSc2ncc(C=O)cn2)c1. The van der Waals surface area contributed by atoms with Gasteiger partial charge in [0.15, 0.2) is 11.4 Å². The molecule has 92 valence electrons. The molecule has 0 fully saturated rings. The van der Waals surface area contributed by atoms with Crippen molar-refractivity contribution >= 4 is 18.0 Å². The zero-order valence-corrected chi connectivity index (χ0v) is 11.2. The fourth-order valence-corrected chi connectivity index (χ4v) is 2.48. The number of nitrogens with zero attached hydrogens (tertiary/aromatic N) is 2. The lowest BCUT2D eigenvalue weighted by atomic mass is 10.1. The molecule has 1 aromatic carbocycles. The van der Waals surface area contributed by atoms with Crippen LogP contribution in [0, 0.1) is 13.8 Å². The largest absolute Gasteiger partial charge is 0.298 e. The minimum absolute atomic E-state index is 0.505. The van der Waals surface area contributed by atoms with Gasteiger partial charge >= 0.3 is 0 Å². The Hall–Kier alpha value is -1.68. The minimum Gasteiger partial charge on any atom is -0.298 e. The standard InChI is InChI=1S/C14H14N2OS/c1-10-3-11(2)5-12(4-10)9-18-14-15-6-13(8-17)7-16-14/h3-8H,9H2,1-2H3. The number of rotatable bonds is 4. The van der Waals surface area contributed by atoms with E-state index >= 15 is 0 Å². The van der Waals surface area contributed by atoms with Gasteiger partial charge in [-0.2, -0.15) is 0 Å². The summed E-state index contributed by atoms with van der Waals surface area (Å²) in [6.45, 7) is 4.19. The maximum atomic E-state index is 10.5. The van der Waals surface area contributed by atoms with Gasteiger partial charge in [-0.1, -0.05) is 41.1 Å². The Morgan fingerprint density at radius 1 is 1.11 bits per heavy atom. The molecule has 0 unspecified atom stereocenters. The van der Waals surface area contributed by atoms with E-state index < -0.39 is 0 Å². The number of thioether (sulfide) groups is 1.